The molecule has 0 unspecified atom stereocenters. The van der Waals surface area contributed by atoms with Crippen LogP contribution < -0.4 is 9.47 Å². The molecule has 0 saturated heterocycles. The number of benzene rings is 5. The first kappa shape index (κ1) is 35.9. The first-order valence-corrected chi connectivity index (χ1v) is 14.8. The minimum atomic E-state index is -3.11. The summed E-state index contributed by atoms with van der Waals surface area (Å²) in [5.74, 6) is -34.6. The van der Waals surface area contributed by atoms with E-state index in [0.717, 1.165) is 0 Å². The second-order valence-corrected chi connectivity index (χ2v) is 11.1. The molecule has 0 bridgehead atoms. The van der Waals surface area contributed by atoms with Crippen molar-refractivity contribution in [3.8, 4) is 11.5 Å². The van der Waals surface area contributed by atoms with Gasteiger partial charge in [0.05, 0.1) is 6.61 Å². The van der Waals surface area contributed by atoms with Gasteiger partial charge in [0.15, 0.2) is 0 Å². The van der Waals surface area contributed by atoms with E-state index in [2.05, 4.69) is 9.47 Å². The average Bonchev–Trinajstić information content (AvgIpc) is 3.92. The topological polar surface area (TPSA) is 61.8 Å². The highest BCUT2D eigenvalue weighted by Gasteiger charge is 2.62. The number of hydrogen-bond donors (Lipinski definition) is 0. The Labute approximate surface area is 286 Å². The van der Waals surface area contributed by atoms with Crippen LogP contribution in [0.2, 0.25) is 0 Å². The lowest BCUT2D eigenvalue weighted by molar-refractivity contribution is -0.153. The number of rotatable bonds is 10. The van der Waals surface area contributed by atoms with E-state index in [1.807, 2.05) is 0 Å². The van der Waals surface area contributed by atoms with E-state index < -0.39 is 105 Å². The zero-order valence-electron chi connectivity index (χ0n) is 25.8. The number of carbonyl (C=O) groups excluding carboxylic acids is 2. The highest BCUT2D eigenvalue weighted by Crippen LogP contribution is 2.50. The Balaban J connectivity index is 1.44. The molecule has 5 aromatic carbocycles. The molecule has 5 aromatic rings. The maximum atomic E-state index is 14.5. The smallest absolute Gasteiger partial charge is 0.337 e. The number of ether oxygens (including phenoxy) is 3. The summed E-state index contributed by atoms with van der Waals surface area (Å²) >= 11 is 0. The summed E-state index contributed by atoms with van der Waals surface area (Å²) in [6.07, 6.45) is 0.640. The van der Waals surface area contributed by atoms with E-state index in [1.54, 1.807) is 91.0 Å². The molecule has 1 aliphatic carbocycles. The minimum Gasteiger partial charge on any atom is -0.419 e. The number of hydrogen-bond acceptors (Lipinski definition) is 5. The third-order valence-electron chi connectivity index (χ3n) is 8.17. The predicted molar refractivity (Wildman–Crippen MR) is 159 cm³/mol. The monoisotopic (exact) mass is 732 g/mol. The van der Waals surface area contributed by atoms with Crippen LogP contribution in [0.1, 0.15) is 16.7 Å². The molecule has 0 saturated carbocycles. The molecule has 0 radical (unpaired) electrons. The van der Waals surface area contributed by atoms with Gasteiger partial charge in [0.1, 0.15) is 5.60 Å². The second-order valence-electron chi connectivity index (χ2n) is 11.1. The van der Waals surface area contributed by atoms with Crippen LogP contribution in [0.3, 0.4) is 0 Å². The summed E-state index contributed by atoms with van der Waals surface area (Å²) in [6, 6.07) is 25.1. The number of esters is 2. The van der Waals surface area contributed by atoms with Crippen LogP contribution in [-0.4, -0.2) is 18.5 Å². The van der Waals surface area contributed by atoms with Gasteiger partial charge in [-0.2, -0.15) is 17.6 Å². The molecule has 1 aliphatic rings. The van der Waals surface area contributed by atoms with E-state index in [4.69, 9.17) is 4.74 Å². The van der Waals surface area contributed by atoms with Gasteiger partial charge in [0, 0.05) is 0 Å². The Kier molecular flexibility index (Phi) is 9.40. The highest BCUT2D eigenvalue weighted by atomic mass is 19.2. The number of halogens is 10. The summed E-state index contributed by atoms with van der Waals surface area (Å²) in [4.78, 5) is 27.1. The van der Waals surface area contributed by atoms with Crippen LogP contribution in [0.25, 0.3) is 0 Å². The van der Waals surface area contributed by atoms with Crippen LogP contribution in [0.4, 0.5) is 43.9 Å². The molecular weight excluding hydrogens is 714 g/mol. The largest absolute Gasteiger partial charge is 0.419 e. The summed E-state index contributed by atoms with van der Waals surface area (Å²) in [6.45, 7) is -0.822. The van der Waals surface area contributed by atoms with E-state index in [0.29, 0.717) is 22.8 Å². The van der Waals surface area contributed by atoms with E-state index >= 15 is 0 Å². The van der Waals surface area contributed by atoms with Gasteiger partial charge in [-0.05, 0) is 28.3 Å². The van der Waals surface area contributed by atoms with Crippen LogP contribution in [-0.2, 0) is 19.9 Å². The SMILES string of the molecule is O=C(Oc1c(F)c(F)c(F)c(F)c1F)C1(C(=O)Oc2c(F)c(F)c(F)c(F)c2F)C=C1COC(c1ccccc1)(c1ccccc1)c1ccccc1. The molecule has 0 aromatic heterocycles. The Morgan fingerprint density at radius 2 is 0.750 bits per heavy atom. The van der Waals surface area contributed by atoms with Crippen LogP contribution in [0.5, 0.6) is 11.5 Å². The van der Waals surface area contributed by atoms with Crippen molar-refractivity contribution in [2.75, 3.05) is 6.61 Å². The van der Waals surface area contributed by atoms with Gasteiger partial charge in [0.25, 0.3) is 0 Å². The fourth-order valence-corrected chi connectivity index (χ4v) is 5.49. The average molecular weight is 733 g/mol. The summed E-state index contributed by atoms with van der Waals surface area (Å²) in [5.41, 5.74) is -3.78. The Bertz CT molecular complexity index is 2010. The summed E-state index contributed by atoms with van der Waals surface area (Å²) in [5, 5.41) is 0. The quantitative estimate of drug-likeness (QED) is 0.0211. The standard InChI is InChI=1S/C37H18F10O5/c38-22-24(40)28(44)32(29(45)25(22)41)51-34(48)36(35(49)52-33-30(46)26(42)23(39)27(43)31(33)47)16-21(36)17-50-37(18-10-4-1-5-11-18,19-12-6-2-7-13-19)20-14-8-3-9-15-20/h1-16H,17H2. The Morgan fingerprint density at radius 1 is 0.462 bits per heavy atom. The molecule has 0 fully saturated rings. The first-order chi connectivity index (χ1) is 24.8. The van der Waals surface area contributed by atoms with Crippen molar-refractivity contribution in [3.63, 3.8) is 0 Å². The molecule has 15 heteroatoms. The fourth-order valence-electron chi connectivity index (χ4n) is 5.49. The summed E-state index contributed by atoms with van der Waals surface area (Å²) < 4.78 is 157. The molecular formula is C37H18F10O5. The lowest BCUT2D eigenvalue weighted by Gasteiger charge is -2.36. The fraction of sp³-hybridized carbons (Fsp3) is 0.0811. The van der Waals surface area contributed by atoms with E-state index in [1.165, 1.54) is 0 Å². The Morgan fingerprint density at radius 3 is 1.06 bits per heavy atom. The maximum Gasteiger partial charge on any atom is 0.337 e. The lowest BCUT2D eigenvalue weighted by atomic mass is 9.80. The minimum absolute atomic E-state index is 0.479. The third kappa shape index (κ3) is 5.76. The molecule has 0 heterocycles. The van der Waals surface area contributed by atoms with Gasteiger partial charge in [-0.3, -0.25) is 0 Å². The van der Waals surface area contributed by atoms with Gasteiger partial charge < -0.3 is 14.2 Å². The van der Waals surface area contributed by atoms with Gasteiger partial charge in [-0.1, -0.05) is 91.0 Å². The summed E-state index contributed by atoms with van der Waals surface area (Å²) in [7, 11) is 0. The highest BCUT2D eigenvalue weighted by molar-refractivity contribution is 6.12. The van der Waals surface area contributed by atoms with Crippen molar-refractivity contribution in [2.45, 2.75) is 5.60 Å². The van der Waals surface area contributed by atoms with E-state index in [9.17, 15) is 53.5 Å². The molecule has 0 spiro atoms. The third-order valence-corrected chi connectivity index (χ3v) is 8.17. The zero-order chi connectivity index (χ0) is 37.5. The van der Waals surface area contributed by atoms with Crippen LogP contribution >= 0.6 is 0 Å². The van der Waals surface area contributed by atoms with Crippen LogP contribution in [0, 0.1) is 63.6 Å². The second kappa shape index (κ2) is 13.6. The van der Waals surface area contributed by atoms with Crippen molar-refractivity contribution in [2.24, 2.45) is 5.41 Å². The molecule has 5 nitrogen and oxygen atoms in total. The Hall–Kier alpha value is -5.96. The number of carbonyl (C=O) groups is 2. The molecule has 52 heavy (non-hydrogen) atoms. The van der Waals surface area contributed by atoms with Gasteiger partial charge in [-0.25, -0.2) is 35.9 Å². The van der Waals surface area contributed by atoms with Gasteiger partial charge in [-0.15, -0.1) is 0 Å². The van der Waals surface area contributed by atoms with Crippen molar-refractivity contribution in [3.05, 3.63) is 178 Å². The molecule has 6 rings (SSSR count). The van der Waals surface area contributed by atoms with Crippen LogP contribution in [0.15, 0.2) is 103 Å². The molecule has 0 aliphatic heterocycles. The predicted octanol–water partition coefficient (Wildman–Crippen LogP) is 8.52. The van der Waals surface area contributed by atoms with Gasteiger partial charge >= 0.3 is 11.9 Å². The molecule has 0 amide bonds. The maximum absolute atomic E-state index is 14.5. The lowest BCUT2D eigenvalue weighted by Crippen LogP contribution is -2.39. The molecule has 0 N–H and O–H groups in total. The van der Waals surface area contributed by atoms with Crippen molar-refractivity contribution < 1.29 is 67.7 Å². The zero-order valence-corrected chi connectivity index (χ0v) is 25.8. The van der Waals surface area contributed by atoms with Crippen molar-refractivity contribution >= 4 is 11.9 Å². The molecule has 0 atom stereocenters. The normalized spacial score (nSPS) is 13.4. The van der Waals surface area contributed by atoms with Gasteiger partial charge in [0.2, 0.25) is 75.1 Å². The van der Waals surface area contributed by atoms with Crippen molar-refractivity contribution in [1.82, 2.24) is 0 Å². The first-order valence-electron chi connectivity index (χ1n) is 14.8. The molecule has 266 valence electrons. The van der Waals surface area contributed by atoms with E-state index in [-0.39, 0.29) is 0 Å². The van der Waals surface area contributed by atoms with Crippen molar-refractivity contribution in [1.29, 1.82) is 0 Å².